The summed E-state index contributed by atoms with van der Waals surface area (Å²) in [6.45, 7) is 2.80. The Kier molecular flexibility index (Phi) is 3.34. The van der Waals surface area contributed by atoms with Crippen LogP contribution in [0.4, 0.5) is 4.39 Å². The van der Waals surface area contributed by atoms with Crippen LogP contribution in [0.2, 0.25) is 0 Å². The lowest BCUT2D eigenvalue weighted by Gasteiger charge is -2.22. The van der Waals surface area contributed by atoms with Crippen LogP contribution in [0.3, 0.4) is 0 Å². The van der Waals surface area contributed by atoms with E-state index in [1.165, 1.54) is 6.92 Å². The molecule has 0 aliphatic carbocycles. The number of halogens is 1. The van der Waals surface area contributed by atoms with Gasteiger partial charge in [-0.15, -0.1) is 0 Å². The summed E-state index contributed by atoms with van der Waals surface area (Å²) in [7, 11) is 0. The van der Waals surface area contributed by atoms with Gasteiger partial charge >= 0.3 is 0 Å². The molecule has 1 aromatic carbocycles. The molecule has 2 rings (SSSR count). The number of nitrogens with zero attached hydrogens (tertiary/aromatic N) is 1. The lowest BCUT2D eigenvalue weighted by molar-refractivity contribution is -0.122. The van der Waals surface area contributed by atoms with Crippen LogP contribution >= 0.6 is 0 Å². The van der Waals surface area contributed by atoms with Crippen molar-refractivity contribution >= 4 is 5.78 Å². The zero-order valence-corrected chi connectivity index (χ0v) is 9.40. The number of hydrogen-bond donors (Lipinski definition) is 0. The highest BCUT2D eigenvalue weighted by Gasteiger charge is 2.37. The minimum Gasteiger partial charge on any atom is -0.298 e. The molecule has 0 bridgehead atoms. The van der Waals surface area contributed by atoms with E-state index in [0.29, 0.717) is 19.5 Å². The Morgan fingerprint density at radius 1 is 1.44 bits per heavy atom. The summed E-state index contributed by atoms with van der Waals surface area (Å²) in [5.41, 5.74) is 1.13. The van der Waals surface area contributed by atoms with Gasteiger partial charge in [-0.2, -0.15) is 0 Å². The summed E-state index contributed by atoms with van der Waals surface area (Å²) in [5.74, 6) is -0.0686. The van der Waals surface area contributed by atoms with E-state index < -0.39 is 12.2 Å². The van der Waals surface area contributed by atoms with Crippen molar-refractivity contribution in [2.45, 2.75) is 32.1 Å². The Labute approximate surface area is 95.1 Å². The van der Waals surface area contributed by atoms with Gasteiger partial charge in [-0.05, 0) is 18.9 Å². The van der Waals surface area contributed by atoms with Gasteiger partial charge in [0.2, 0.25) is 0 Å². The number of hydrogen-bond acceptors (Lipinski definition) is 2. The molecule has 0 saturated carbocycles. The first-order valence-electron chi connectivity index (χ1n) is 5.61. The highest BCUT2D eigenvalue weighted by atomic mass is 19.1. The maximum Gasteiger partial charge on any atom is 0.149 e. The third-order valence-electron chi connectivity index (χ3n) is 3.07. The SMILES string of the molecule is CC(=O)C1C(F)CCN1Cc1ccccc1. The number of benzene rings is 1. The van der Waals surface area contributed by atoms with Crippen molar-refractivity contribution < 1.29 is 9.18 Å². The van der Waals surface area contributed by atoms with Gasteiger partial charge in [0.15, 0.2) is 0 Å². The van der Waals surface area contributed by atoms with Crippen LogP contribution in [0.5, 0.6) is 0 Å². The molecule has 0 radical (unpaired) electrons. The molecule has 1 aliphatic rings. The summed E-state index contributed by atoms with van der Waals surface area (Å²) >= 11 is 0. The van der Waals surface area contributed by atoms with Crippen LogP contribution in [-0.2, 0) is 11.3 Å². The average Bonchev–Trinajstić information content (AvgIpc) is 2.61. The number of carbonyl (C=O) groups excluding carboxylic acids is 1. The predicted molar refractivity (Wildman–Crippen MR) is 60.8 cm³/mol. The van der Waals surface area contributed by atoms with Crippen molar-refractivity contribution in [3.8, 4) is 0 Å². The van der Waals surface area contributed by atoms with Gasteiger partial charge in [-0.1, -0.05) is 30.3 Å². The van der Waals surface area contributed by atoms with Crippen molar-refractivity contribution in [2.75, 3.05) is 6.54 Å². The fourth-order valence-corrected chi connectivity index (χ4v) is 2.32. The highest BCUT2D eigenvalue weighted by Crippen LogP contribution is 2.23. The standard InChI is InChI=1S/C13H16FNO/c1-10(16)13-12(14)7-8-15(13)9-11-5-3-2-4-6-11/h2-6,12-13H,7-9H2,1H3. The number of alkyl halides is 1. The van der Waals surface area contributed by atoms with E-state index in [0.717, 1.165) is 5.56 Å². The molecule has 3 heteroatoms. The molecular formula is C13H16FNO. The van der Waals surface area contributed by atoms with Crippen molar-refractivity contribution in [1.29, 1.82) is 0 Å². The monoisotopic (exact) mass is 221 g/mol. The number of Topliss-reactive ketones (excluding diaryl/α,β-unsaturated/α-hetero) is 1. The number of ketones is 1. The summed E-state index contributed by atoms with van der Waals surface area (Å²) in [6, 6.07) is 9.34. The fraction of sp³-hybridized carbons (Fsp3) is 0.462. The lowest BCUT2D eigenvalue weighted by atomic mass is 10.1. The largest absolute Gasteiger partial charge is 0.298 e. The van der Waals surface area contributed by atoms with Gasteiger partial charge in [0.25, 0.3) is 0 Å². The predicted octanol–water partition coefficient (Wildman–Crippen LogP) is 2.19. The van der Waals surface area contributed by atoms with E-state index in [1.807, 2.05) is 35.2 Å². The van der Waals surface area contributed by atoms with Crippen LogP contribution in [-0.4, -0.2) is 29.4 Å². The lowest BCUT2D eigenvalue weighted by Crippen LogP contribution is -2.38. The van der Waals surface area contributed by atoms with E-state index in [-0.39, 0.29) is 5.78 Å². The van der Waals surface area contributed by atoms with Crippen LogP contribution in [0.15, 0.2) is 30.3 Å². The van der Waals surface area contributed by atoms with Gasteiger partial charge in [-0.3, -0.25) is 9.69 Å². The summed E-state index contributed by atoms with van der Waals surface area (Å²) in [4.78, 5) is 13.3. The Balaban J connectivity index is 2.07. The maximum absolute atomic E-state index is 13.5. The van der Waals surface area contributed by atoms with Gasteiger partial charge in [0.05, 0.1) is 0 Å². The van der Waals surface area contributed by atoms with Crippen LogP contribution in [0.1, 0.15) is 18.9 Å². The fourth-order valence-electron chi connectivity index (χ4n) is 2.32. The molecule has 1 fully saturated rings. The Bertz CT molecular complexity index is 365. The Hall–Kier alpha value is -1.22. The topological polar surface area (TPSA) is 20.3 Å². The van der Waals surface area contributed by atoms with E-state index in [9.17, 15) is 9.18 Å². The van der Waals surface area contributed by atoms with Crippen LogP contribution in [0, 0.1) is 0 Å². The van der Waals surface area contributed by atoms with E-state index in [2.05, 4.69) is 0 Å². The molecule has 0 aromatic heterocycles. The molecule has 2 unspecified atom stereocenters. The molecule has 1 aliphatic heterocycles. The smallest absolute Gasteiger partial charge is 0.149 e. The first-order chi connectivity index (χ1) is 7.68. The Morgan fingerprint density at radius 2 is 2.12 bits per heavy atom. The van der Waals surface area contributed by atoms with Gasteiger partial charge in [0.1, 0.15) is 18.0 Å². The molecule has 1 heterocycles. The maximum atomic E-state index is 13.5. The second-order valence-corrected chi connectivity index (χ2v) is 4.32. The first-order valence-corrected chi connectivity index (χ1v) is 5.61. The van der Waals surface area contributed by atoms with Crippen LogP contribution in [0.25, 0.3) is 0 Å². The molecule has 1 aromatic rings. The van der Waals surface area contributed by atoms with Crippen molar-refractivity contribution in [2.24, 2.45) is 0 Å². The molecule has 16 heavy (non-hydrogen) atoms. The quantitative estimate of drug-likeness (QED) is 0.779. The number of rotatable bonds is 3. The third-order valence-corrected chi connectivity index (χ3v) is 3.07. The minimum absolute atomic E-state index is 0.0686. The van der Waals surface area contributed by atoms with Gasteiger partial charge in [0, 0.05) is 13.1 Å². The molecule has 1 saturated heterocycles. The van der Waals surface area contributed by atoms with E-state index in [4.69, 9.17) is 0 Å². The molecule has 2 nitrogen and oxygen atoms in total. The minimum atomic E-state index is -0.999. The van der Waals surface area contributed by atoms with Crippen molar-refractivity contribution in [3.05, 3.63) is 35.9 Å². The summed E-state index contributed by atoms with van der Waals surface area (Å²) < 4.78 is 13.5. The average molecular weight is 221 g/mol. The zero-order valence-electron chi connectivity index (χ0n) is 9.40. The summed E-state index contributed by atoms with van der Waals surface area (Å²) in [5, 5.41) is 0. The molecule has 86 valence electrons. The molecule has 2 atom stereocenters. The van der Waals surface area contributed by atoms with Gasteiger partial charge in [-0.25, -0.2) is 4.39 Å². The van der Waals surface area contributed by atoms with Crippen LogP contribution < -0.4 is 0 Å². The first kappa shape index (κ1) is 11.3. The highest BCUT2D eigenvalue weighted by molar-refractivity contribution is 5.82. The zero-order chi connectivity index (χ0) is 11.5. The molecule has 0 amide bonds. The third kappa shape index (κ3) is 2.30. The Morgan fingerprint density at radius 3 is 2.75 bits per heavy atom. The van der Waals surface area contributed by atoms with E-state index >= 15 is 0 Å². The number of likely N-dealkylation sites (tertiary alicyclic amines) is 1. The normalized spacial score (nSPS) is 25.9. The van der Waals surface area contributed by atoms with Crippen molar-refractivity contribution in [3.63, 3.8) is 0 Å². The van der Waals surface area contributed by atoms with Gasteiger partial charge < -0.3 is 0 Å². The number of carbonyl (C=O) groups is 1. The molecule has 0 spiro atoms. The molecular weight excluding hydrogens is 205 g/mol. The summed E-state index contributed by atoms with van der Waals surface area (Å²) in [6.07, 6.45) is -0.530. The second-order valence-electron chi connectivity index (χ2n) is 4.32. The second kappa shape index (κ2) is 4.74. The molecule has 0 N–H and O–H groups in total. The van der Waals surface area contributed by atoms with Crippen molar-refractivity contribution in [1.82, 2.24) is 4.90 Å². The van der Waals surface area contributed by atoms with E-state index in [1.54, 1.807) is 0 Å².